The first-order valence-corrected chi connectivity index (χ1v) is 6.67. The number of amides is 1. The molecule has 1 heterocycles. The molecule has 1 saturated carbocycles. The first-order chi connectivity index (χ1) is 8.75. The number of halogens is 2. The molecule has 0 radical (unpaired) electrons. The van der Waals surface area contributed by atoms with Gasteiger partial charge in [-0.3, -0.25) is 9.78 Å². The Morgan fingerprint density at radius 2 is 1.90 bits per heavy atom. The van der Waals surface area contributed by atoms with E-state index in [1.165, 1.54) is 12.8 Å². The fourth-order valence-electron chi connectivity index (χ4n) is 2.50. The minimum absolute atomic E-state index is 0. The average Bonchev–Trinajstić information content (AvgIpc) is 2.40. The summed E-state index contributed by atoms with van der Waals surface area (Å²) < 4.78 is 0. The molecule has 6 heteroatoms. The van der Waals surface area contributed by atoms with Gasteiger partial charge in [0.2, 0.25) is 5.91 Å². The molecule has 1 aromatic heterocycles. The van der Waals surface area contributed by atoms with Crippen molar-refractivity contribution in [3.8, 4) is 0 Å². The molecule has 0 saturated heterocycles. The molecule has 3 N–H and O–H groups in total. The van der Waals surface area contributed by atoms with Crippen molar-refractivity contribution in [1.29, 1.82) is 0 Å². The normalized spacial score (nSPS) is 21.2. The largest absolute Gasteiger partial charge is 0.352 e. The topological polar surface area (TPSA) is 68.0 Å². The van der Waals surface area contributed by atoms with Gasteiger partial charge in [0.15, 0.2) is 0 Å². The zero-order valence-corrected chi connectivity index (χ0v) is 13.1. The van der Waals surface area contributed by atoms with Crippen LogP contribution >= 0.6 is 24.8 Å². The van der Waals surface area contributed by atoms with Gasteiger partial charge in [-0.25, -0.2) is 0 Å². The zero-order chi connectivity index (χ0) is 12.8. The van der Waals surface area contributed by atoms with Gasteiger partial charge in [-0.15, -0.1) is 24.8 Å². The maximum atomic E-state index is 11.8. The number of nitrogens with zero attached hydrogens (tertiary/aromatic N) is 1. The quantitative estimate of drug-likeness (QED) is 0.895. The van der Waals surface area contributed by atoms with Gasteiger partial charge in [-0.1, -0.05) is 12.8 Å². The van der Waals surface area contributed by atoms with Crippen molar-refractivity contribution < 1.29 is 4.79 Å². The molecule has 1 fully saturated rings. The van der Waals surface area contributed by atoms with Crippen molar-refractivity contribution in [2.24, 2.45) is 11.7 Å². The van der Waals surface area contributed by atoms with E-state index in [4.69, 9.17) is 5.73 Å². The van der Waals surface area contributed by atoms with E-state index in [-0.39, 0.29) is 36.8 Å². The van der Waals surface area contributed by atoms with Crippen LogP contribution in [0.4, 0.5) is 0 Å². The highest BCUT2D eigenvalue weighted by Gasteiger charge is 2.23. The Hall–Kier alpha value is -0.840. The van der Waals surface area contributed by atoms with Gasteiger partial charge in [0.05, 0.1) is 0 Å². The predicted octanol–water partition coefficient (Wildman–Crippen LogP) is 2.45. The number of nitrogens with one attached hydrogen (secondary N) is 1. The fourth-order valence-corrected chi connectivity index (χ4v) is 2.50. The number of hydrogen-bond acceptors (Lipinski definition) is 3. The van der Waals surface area contributed by atoms with E-state index in [2.05, 4.69) is 10.3 Å². The maximum Gasteiger partial charge on any atom is 0.220 e. The minimum Gasteiger partial charge on any atom is -0.352 e. The molecule has 1 amide bonds. The van der Waals surface area contributed by atoms with Crippen LogP contribution in [0.3, 0.4) is 0 Å². The Bertz CT molecular complexity index is 389. The maximum absolute atomic E-state index is 11.8. The molecule has 114 valence electrons. The van der Waals surface area contributed by atoms with Crippen LogP contribution in [-0.2, 0) is 11.3 Å². The first kappa shape index (κ1) is 19.2. The van der Waals surface area contributed by atoms with Crippen molar-refractivity contribution in [2.75, 3.05) is 0 Å². The second-order valence-corrected chi connectivity index (χ2v) is 5.04. The number of carbonyl (C=O) groups excluding carboxylic acids is 1. The molecule has 0 bridgehead atoms. The summed E-state index contributed by atoms with van der Waals surface area (Å²) >= 11 is 0. The van der Waals surface area contributed by atoms with E-state index < -0.39 is 0 Å². The standard InChI is InChI=1S/C14H21N3O.2ClH/c15-13-4-2-1-3-12(13)9-14(18)17-10-11-5-7-16-8-6-11;;/h5-8,12-13H,1-4,9-10,15H2,(H,17,18);2*1H. The van der Waals surface area contributed by atoms with E-state index in [9.17, 15) is 4.79 Å². The fraction of sp³-hybridized carbons (Fsp3) is 0.571. The summed E-state index contributed by atoms with van der Waals surface area (Å²) in [5.41, 5.74) is 7.12. The molecule has 2 atom stereocenters. The summed E-state index contributed by atoms with van der Waals surface area (Å²) in [5, 5.41) is 2.94. The lowest BCUT2D eigenvalue weighted by atomic mass is 9.83. The summed E-state index contributed by atoms with van der Waals surface area (Å²) in [6, 6.07) is 4.02. The number of aromatic nitrogens is 1. The Balaban J connectivity index is 0.00000180. The molecule has 1 aromatic rings. The van der Waals surface area contributed by atoms with Gasteiger partial charge in [0.25, 0.3) is 0 Å². The Kier molecular flexibility index (Phi) is 9.55. The third-order valence-corrected chi connectivity index (χ3v) is 3.65. The van der Waals surface area contributed by atoms with E-state index in [0.29, 0.717) is 18.9 Å². The Morgan fingerprint density at radius 1 is 1.25 bits per heavy atom. The highest BCUT2D eigenvalue weighted by Crippen LogP contribution is 2.25. The molecule has 1 aliphatic carbocycles. The molecule has 2 unspecified atom stereocenters. The van der Waals surface area contributed by atoms with E-state index in [1.807, 2.05) is 12.1 Å². The van der Waals surface area contributed by atoms with Gasteiger partial charge in [-0.2, -0.15) is 0 Å². The van der Waals surface area contributed by atoms with Crippen molar-refractivity contribution in [1.82, 2.24) is 10.3 Å². The van der Waals surface area contributed by atoms with Gasteiger partial charge in [-0.05, 0) is 36.5 Å². The molecular weight excluding hydrogens is 297 g/mol. The second kappa shape index (κ2) is 9.97. The summed E-state index contributed by atoms with van der Waals surface area (Å²) in [4.78, 5) is 15.8. The zero-order valence-electron chi connectivity index (χ0n) is 11.5. The average molecular weight is 320 g/mol. The van der Waals surface area contributed by atoms with Crippen LogP contribution in [0.5, 0.6) is 0 Å². The van der Waals surface area contributed by atoms with E-state index in [0.717, 1.165) is 18.4 Å². The summed E-state index contributed by atoms with van der Waals surface area (Å²) in [7, 11) is 0. The molecule has 0 spiro atoms. The smallest absolute Gasteiger partial charge is 0.220 e. The molecule has 0 aliphatic heterocycles. The molecule has 20 heavy (non-hydrogen) atoms. The van der Waals surface area contributed by atoms with Crippen molar-refractivity contribution in [3.63, 3.8) is 0 Å². The third kappa shape index (κ3) is 6.07. The SMILES string of the molecule is Cl.Cl.NC1CCCCC1CC(=O)NCc1ccncc1. The lowest BCUT2D eigenvalue weighted by Gasteiger charge is -2.27. The van der Waals surface area contributed by atoms with Crippen LogP contribution in [0, 0.1) is 5.92 Å². The number of nitrogens with two attached hydrogens (primary N) is 1. The van der Waals surface area contributed by atoms with Gasteiger partial charge >= 0.3 is 0 Å². The minimum atomic E-state index is 0. The summed E-state index contributed by atoms with van der Waals surface area (Å²) in [5.74, 6) is 0.463. The van der Waals surface area contributed by atoms with Crippen LogP contribution < -0.4 is 11.1 Å². The summed E-state index contributed by atoms with van der Waals surface area (Å²) in [6.07, 6.45) is 8.59. The van der Waals surface area contributed by atoms with Crippen LogP contribution in [0.25, 0.3) is 0 Å². The predicted molar refractivity (Wildman–Crippen MR) is 85.1 cm³/mol. The van der Waals surface area contributed by atoms with Crippen LogP contribution in [0.1, 0.15) is 37.7 Å². The number of rotatable bonds is 4. The molecule has 4 nitrogen and oxygen atoms in total. The monoisotopic (exact) mass is 319 g/mol. The van der Waals surface area contributed by atoms with Crippen LogP contribution in [0.2, 0.25) is 0 Å². The number of hydrogen-bond donors (Lipinski definition) is 2. The Labute approximate surface area is 132 Å². The number of carbonyl (C=O) groups is 1. The van der Waals surface area contributed by atoms with Crippen molar-refractivity contribution in [2.45, 2.75) is 44.7 Å². The molecule has 0 aromatic carbocycles. The summed E-state index contributed by atoms with van der Waals surface area (Å²) in [6.45, 7) is 0.573. The molecular formula is C14H23Cl2N3O. The van der Waals surface area contributed by atoms with Gasteiger partial charge in [0, 0.05) is 31.4 Å². The van der Waals surface area contributed by atoms with Crippen molar-refractivity contribution in [3.05, 3.63) is 30.1 Å². The van der Waals surface area contributed by atoms with E-state index >= 15 is 0 Å². The molecule has 2 rings (SSSR count). The van der Waals surface area contributed by atoms with Crippen LogP contribution in [-0.4, -0.2) is 16.9 Å². The third-order valence-electron chi connectivity index (χ3n) is 3.65. The lowest BCUT2D eigenvalue weighted by Crippen LogP contribution is -2.36. The van der Waals surface area contributed by atoms with Gasteiger partial charge in [0.1, 0.15) is 0 Å². The Morgan fingerprint density at radius 3 is 2.55 bits per heavy atom. The van der Waals surface area contributed by atoms with Gasteiger partial charge < -0.3 is 11.1 Å². The first-order valence-electron chi connectivity index (χ1n) is 6.67. The second-order valence-electron chi connectivity index (χ2n) is 5.04. The highest BCUT2D eigenvalue weighted by atomic mass is 35.5. The molecule has 1 aliphatic rings. The van der Waals surface area contributed by atoms with E-state index in [1.54, 1.807) is 12.4 Å². The number of pyridine rings is 1. The lowest BCUT2D eigenvalue weighted by molar-refractivity contribution is -0.122. The highest BCUT2D eigenvalue weighted by molar-refractivity contribution is 5.85. The van der Waals surface area contributed by atoms with Crippen LogP contribution in [0.15, 0.2) is 24.5 Å². The van der Waals surface area contributed by atoms with Crippen molar-refractivity contribution >= 4 is 30.7 Å².